The lowest BCUT2D eigenvalue weighted by Crippen LogP contribution is -2.50. The number of amides is 2. The number of benzene rings is 2. The highest BCUT2D eigenvalue weighted by Gasteiger charge is 2.42. The summed E-state index contributed by atoms with van der Waals surface area (Å²) in [6.07, 6.45) is 4.25. The average Bonchev–Trinajstić information content (AvgIpc) is 3.22. The summed E-state index contributed by atoms with van der Waals surface area (Å²) in [6, 6.07) is 19.1. The summed E-state index contributed by atoms with van der Waals surface area (Å²) in [4.78, 5) is 18.7. The number of likely N-dealkylation sites (tertiary alicyclic amines) is 1. The molecule has 2 aromatic carbocycles. The lowest BCUT2D eigenvalue weighted by molar-refractivity contribution is 0.168. The van der Waals surface area contributed by atoms with Crippen LogP contribution in [-0.4, -0.2) is 44.0 Å². The highest BCUT2D eigenvalue weighted by atomic mass is 32.2. The van der Waals surface area contributed by atoms with Crippen LogP contribution in [0.1, 0.15) is 36.6 Å². The van der Waals surface area contributed by atoms with Gasteiger partial charge in [-0.2, -0.15) is 0 Å². The van der Waals surface area contributed by atoms with Crippen molar-refractivity contribution in [3.05, 3.63) is 83.7 Å². The first-order chi connectivity index (χ1) is 16.9. The van der Waals surface area contributed by atoms with Crippen LogP contribution in [0.25, 0.3) is 11.1 Å². The van der Waals surface area contributed by atoms with Crippen LogP contribution >= 0.6 is 0 Å². The van der Waals surface area contributed by atoms with Crippen molar-refractivity contribution < 1.29 is 13.2 Å². The fourth-order valence-corrected chi connectivity index (χ4v) is 6.24. The molecule has 7 nitrogen and oxygen atoms in total. The van der Waals surface area contributed by atoms with Gasteiger partial charge < -0.3 is 10.2 Å². The Labute approximate surface area is 206 Å². The first-order valence-corrected chi connectivity index (χ1v) is 13.7. The predicted octanol–water partition coefficient (Wildman–Crippen LogP) is 4.31. The van der Waals surface area contributed by atoms with Gasteiger partial charge in [0.2, 0.25) is 10.0 Å². The van der Waals surface area contributed by atoms with Gasteiger partial charge in [0.1, 0.15) is 0 Å². The summed E-state index contributed by atoms with van der Waals surface area (Å²) in [5, 5.41) is 3.47. The highest BCUT2D eigenvalue weighted by Crippen LogP contribution is 2.43. The Kier molecular flexibility index (Phi) is 6.23. The van der Waals surface area contributed by atoms with E-state index in [2.05, 4.69) is 34.1 Å². The maximum Gasteiger partial charge on any atom is 0.331 e. The number of para-hydroxylation sites is 1. The zero-order chi connectivity index (χ0) is 24.5. The molecule has 1 fully saturated rings. The monoisotopic (exact) mass is 490 g/mol. The number of nitrogens with one attached hydrogen (secondary N) is 2. The van der Waals surface area contributed by atoms with Gasteiger partial charge in [-0.15, -0.1) is 0 Å². The lowest BCUT2D eigenvalue weighted by atomic mass is 9.74. The Hall–Kier alpha value is -3.39. The standard InChI is InChI=1S/C27H30N4O3S/c1-2-23-17-22(11-14-28-23)21-9-7-20(8-10-21)18-35(33,34)30-26(32)31-15-12-27(13-16-31)19-29-25-6-4-3-5-24(25)27/h3-11,14,17,29H,2,12-13,15-16,18-19H2,1H3,(H,30,32). The van der Waals surface area contributed by atoms with Crippen molar-refractivity contribution in [3.8, 4) is 11.1 Å². The van der Waals surface area contributed by atoms with Crippen LogP contribution in [0.3, 0.4) is 0 Å². The molecule has 2 aliphatic heterocycles. The second kappa shape index (κ2) is 9.34. The van der Waals surface area contributed by atoms with Crippen LogP contribution in [0, 0.1) is 0 Å². The normalized spacial score (nSPS) is 16.5. The van der Waals surface area contributed by atoms with Gasteiger partial charge in [0.05, 0.1) is 5.75 Å². The van der Waals surface area contributed by atoms with Gasteiger partial charge in [-0.05, 0) is 59.7 Å². The second-order valence-electron chi connectivity index (χ2n) is 9.42. The molecule has 35 heavy (non-hydrogen) atoms. The fraction of sp³-hybridized carbons (Fsp3) is 0.333. The Morgan fingerprint density at radius 1 is 1.06 bits per heavy atom. The van der Waals surface area contributed by atoms with Crippen molar-refractivity contribution in [2.75, 3.05) is 25.0 Å². The Balaban J connectivity index is 1.19. The average molecular weight is 491 g/mol. The zero-order valence-electron chi connectivity index (χ0n) is 19.8. The van der Waals surface area contributed by atoms with Gasteiger partial charge in [0.15, 0.2) is 0 Å². The molecule has 0 unspecified atom stereocenters. The predicted molar refractivity (Wildman–Crippen MR) is 138 cm³/mol. The van der Waals surface area contributed by atoms with Gasteiger partial charge in [-0.1, -0.05) is 49.4 Å². The van der Waals surface area contributed by atoms with Crippen LogP contribution in [0.15, 0.2) is 66.9 Å². The molecule has 0 radical (unpaired) electrons. The highest BCUT2D eigenvalue weighted by molar-refractivity contribution is 7.89. The van der Waals surface area contributed by atoms with Crippen molar-refractivity contribution in [1.82, 2.24) is 14.6 Å². The molecule has 0 bridgehead atoms. The van der Waals surface area contributed by atoms with Crippen molar-refractivity contribution in [1.29, 1.82) is 0 Å². The molecule has 0 saturated carbocycles. The Bertz CT molecular complexity index is 1330. The Morgan fingerprint density at radius 3 is 2.54 bits per heavy atom. The molecule has 0 aliphatic carbocycles. The molecule has 1 spiro atoms. The molecule has 0 atom stereocenters. The largest absolute Gasteiger partial charge is 0.384 e. The quantitative estimate of drug-likeness (QED) is 0.556. The number of aryl methyl sites for hydroxylation is 1. The van der Waals surface area contributed by atoms with Crippen LogP contribution < -0.4 is 10.0 Å². The van der Waals surface area contributed by atoms with E-state index < -0.39 is 16.1 Å². The van der Waals surface area contributed by atoms with Gasteiger partial charge in [0.25, 0.3) is 0 Å². The number of urea groups is 1. The number of aromatic nitrogens is 1. The first-order valence-electron chi connectivity index (χ1n) is 12.0. The fourth-order valence-electron chi connectivity index (χ4n) is 5.14. The number of rotatable bonds is 5. The van der Waals surface area contributed by atoms with Crippen molar-refractivity contribution in [3.63, 3.8) is 0 Å². The minimum absolute atomic E-state index is 0.0146. The number of carbonyl (C=O) groups is 1. The van der Waals surface area contributed by atoms with Gasteiger partial charge in [0, 0.05) is 42.6 Å². The van der Waals surface area contributed by atoms with Crippen LogP contribution in [0.4, 0.5) is 10.5 Å². The van der Waals surface area contributed by atoms with Crippen LogP contribution in [0.5, 0.6) is 0 Å². The Morgan fingerprint density at radius 2 is 1.80 bits per heavy atom. The smallest absolute Gasteiger partial charge is 0.331 e. The van der Waals surface area contributed by atoms with Gasteiger partial charge >= 0.3 is 6.03 Å². The molecule has 8 heteroatoms. The van der Waals surface area contributed by atoms with E-state index in [9.17, 15) is 13.2 Å². The van der Waals surface area contributed by atoms with Crippen molar-refractivity contribution in [2.24, 2.45) is 0 Å². The molecule has 182 valence electrons. The lowest BCUT2D eigenvalue weighted by Gasteiger charge is -2.39. The van der Waals surface area contributed by atoms with Gasteiger partial charge in [-0.25, -0.2) is 17.9 Å². The minimum atomic E-state index is -3.81. The number of fused-ring (bicyclic) bond motifs is 2. The van der Waals surface area contributed by atoms with E-state index in [-0.39, 0.29) is 11.2 Å². The summed E-state index contributed by atoms with van der Waals surface area (Å²) < 4.78 is 27.7. The SMILES string of the molecule is CCc1cc(-c2ccc(CS(=O)(=O)NC(=O)N3CCC4(CC3)CNc3ccccc34)cc2)ccn1. The zero-order valence-corrected chi connectivity index (χ0v) is 20.6. The topological polar surface area (TPSA) is 91.4 Å². The minimum Gasteiger partial charge on any atom is -0.384 e. The summed E-state index contributed by atoms with van der Waals surface area (Å²) in [7, 11) is -3.81. The number of hydrogen-bond donors (Lipinski definition) is 2. The van der Waals surface area contributed by atoms with Crippen LogP contribution in [-0.2, 0) is 27.6 Å². The number of hydrogen-bond acceptors (Lipinski definition) is 5. The maximum absolute atomic E-state index is 12.8. The summed E-state index contributed by atoms with van der Waals surface area (Å²) in [5.41, 5.74) is 6.15. The molecule has 2 amide bonds. The molecule has 3 heterocycles. The van der Waals surface area contributed by atoms with Crippen molar-refractivity contribution >= 4 is 21.7 Å². The third kappa shape index (κ3) is 4.89. The first kappa shape index (κ1) is 23.4. The number of carbonyl (C=O) groups excluding carboxylic acids is 1. The van der Waals surface area contributed by atoms with E-state index in [0.717, 1.165) is 48.3 Å². The summed E-state index contributed by atoms with van der Waals surface area (Å²) in [5.74, 6) is -0.245. The molecular weight excluding hydrogens is 460 g/mol. The van der Waals surface area contributed by atoms with E-state index in [1.165, 1.54) is 5.56 Å². The summed E-state index contributed by atoms with van der Waals surface area (Å²) in [6.45, 7) is 3.96. The number of piperidine rings is 1. The molecule has 1 aromatic heterocycles. The van der Waals surface area contributed by atoms with E-state index in [4.69, 9.17) is 0 Å². The third-order valence-corrected chi connectivity index (χ3v) is 8.39. The van der Waals surface area contributed by atoms with Crippen molar-refractivity contribution in [2.45, 2.75) is 37.4 Å². The number of sulfonamides is 1. The van der Waals surface area contributed by atoms with E-state index >= 15 is 0 Å². The van der Waals surface area contributed by atoms with Crippen LogP contribution in [0.2, 0.25) is 0 Å². The number of anilines is 1. The second-order valence-corrected chi connectivity index (χ2v) is 11.1. The van der Waals surface area contributed by atoms with E-state index in [0.29, 0.717) is 18.7 Å². The molecule has 5 rings (SSSR count). The molecular formula is C27H30N4O3S. The molecule has 2 aliphatic rings. The number of pyridine rings is 1. The van der Waals surface area contributed by atoms with E-state index in [1.54, 1.807) is 23.2 Å². The van der Waals surface area contributed by atoms with E-state index in [1.807, 2.05) is 36.4 Å². The maximum atomic E-state index is 12.8. The molecule has 1 saturated heterocycles. The molecule has 3 aromatic rings. The number of nitrogens with zero attached hydrogens (tertiary/aromatic N) is 2. The molecule has 2 N–H and O–H groups in total. The third-order valence-electron chi connectivity index (χ3n) is 7.19. The van der Waals surface area contributed by atoms with Gasteiger partial charge in [-0.3, -0.25) is 4.98 Å². The summed E-state index contributed by atoms with van der Waals surface area (Å²) >= 11 is 0.